The Kier molecular flexibility index (Phi) is 8.10. The number of hydrogen-bond acceptors (Lipinski definition) is 4. The van der Waals surface area contributed by atoms with Crippen molar-refractivity contribution in [1.29, 1.82) is 0 Å². The lowest BCUT2D eigenvalue weighted by atomic mass is 10.0. The molecule has 0 aliphatic heterocycles. The Morgan fingerprint density at radius 3 is 2.52 bits per heavy atom. The van der Waals surface area contributed by atoms with E-state index in [9.17, 15) is 4.79 Å². The van der Waals surface area contributed by atoms with Gasteiger partial charge in [0.25, 0.3) is 5.91 Å². The number of nitrogens with two attached hydrogens (primary N) is 1. The van der Waals surface area contributed by atoms with Gasteiger partial charge < -0.3 is 20.7 Å². The van der Waals surface area contributed by atoms with E-state index in [0.717, 1.165) is 18.0 Å². The predicted molar refractivity (Wildman–Crippen MR) is 110 cm³/mol. The minimum absolute atomic E-state index is 0.104. The lowest BCUT2D eigenvalue weighted by Crippen LogP contribution is -2.36. The smallest absolute Gasteiger partial charge is 0.255 e. The number of carbonyl (C=O) groups excluding carboxylic acids is 1. The third kappa shape index (κ3) is 7.21. The molecule has 0 aliphatic carbocycles. The van der Waals surface area contributed by atoms with Crippen molar-refractivity contribution in [2.45, 2.75) is 25.4 Å². The van der Waals surface area contributed by atoms with Gasteiger partial charge in [0.05, 0.1) is 0 Å². The number of hydrogen-bond donors (Lipinski definition) is 2. The molecule has 2 aromatic carbocycles. The lowest BCUT2D eigenvalue weighted by molar-refractivity contribution is -0.119. The third-order valence-electron chi connectivity index (χ3n) is 4.36. The van der Waals surface area contributed by atoms with Crippen LogP contribution < -0.4 is 15.8 Å². The van der Waals surface area contributed by atoms with E-state index >= 15 is 0 Å². The zero-order valence-electron chi connectivity index (χ0n) is 16.1. The normalized spacial score (nSPS) is 13.4. The first-order valence-electron chi connectivity index (χ1n) is 9.00. The molecule has 0 fully saturated rings. The van der Waals surface area contributed by atoms with Gasteiger partial charge in [0.15, 0.2) is 6.61 Å². The van der Waals surface area contributed by atoms with Crippen molar-refractivity contribution in [2.24, 2.45) is 5.73 Å². The Labute approximate surface area is 166 Å². The fraction of sp³-hybridized carbons (Fsp3) is 0.381. The predicted octanol–water partition coefficient (Wildman–Crippen LogP) is 3.03. The van der Waals surface area contributed by atoms with E-state index in [1.807, 2.05) is 42.5 Å². The molecule has 0 bridgehead atoms. The number of carbonyl (C=O) groups is 1. The van der Waals surface area contributed by atoms with Crippen molar-refractivity contribution < 1.29 is 9.53 Å². The van der Waals surface area contributed by atoms with Crippen molar-refractivity contribution in [2.75, 3.05) is 27.2 Å². The number of nitrogens with one attached hydrogen (secondary N) is 1. The molecular formula is C21H28ClN3O2. The zero-order valence-corrected chi connectivity index (χ0v) is 16.9. The summed E-state index contributed by atoms with van der Waals surface area (Å²) in [5, 5.41) is 4.36. The van der Waals surface area contributed by atoms with Crippen LogP contribution in [0.25, 0.3) is 0 Å². The average molecular weight is 390 g/mol. The Bertz CT molecular complexity index is 734. The molecule has 0 heterocycles. The first-order valence-corrected chi connectivity index (χ1v) is 9.38. The first-order chi connectivity index (χ1) is 12.8. The fourth-order valence-electron chi connectivity index (χ4n) is 2.93. The van der Waals surface area contributed by atoms with E-state index < -0.39 is 5.91 Å². The van der Waals surface area contributed by atoms with Crippen molar-refractivity contribution in [1.82, 2.24) is 10.2 Å². The van der Waals surface area contributed by atoms with E-state index in [1.165, 1.54) is 11.1 Å². The highest BCUT2D eigenvalue weighted by Gasteiger charge is 2.15. The van der Waals surface area contributed by atoms with Crippen LogP contribution in [0.2, 0.25) is 5.02 Å². The maximum Gasteiger partial charge on any atom is 0.255 e. The average Bonchev–Trinajstić information content (AvgIpc) is 2.61. The largest absolute Gasteiger partial charge is 0.484 e. The van der Waals surface area contributed by atoms with Crippen LogP contribution in [0, 0.1) is 0 Å². The number of ether oxygens (including phenoxy) is 1. The standard InChI is InChI=1S/C21H28ClN3O2/c1-15(11-16-7-9-19(10-8-16)27-14-21(23)26)24-13-20(25(2)3)17-5-4-6-18(22)12-17/h4-10,12,15,20,24H,11,13-14H2,1-3H3,(H2,23,26). The molecule has 5 nitrogen and oxygen atoms in total. The van der Waals surface area contributed by atoms with Gasteiger partial charge in [-0.3, -0.25) is 4.79 Å². The minimum atomic E-state index is -0.480. The van der Waals surface area contributed by atoms with Gasteiger partial charge in [-0.25, -0.2) is 0 Å². The Morgan fingerprint density at radius 2 is 1.93 bits per heavy atom. The van der Waals surface area contributed by atoms with Gasteiger partial charge in [0, 0.05) is 23.7 Å². The second kappa shape index (κ2) is 10.3. The van der Waals surface area contributed by atoms with Crippen LogP contribution in [-0.2, 0) is 11.2 Å². The molecule has 2 unspecified atom stereocenters. The zero-order chi connectivity index (χ0) is 19.8. The number of likely N-dealkylation sites (N-methyl/N-ethyl adjacent to an activating group) is 1. The Morgan fingerprint density at radius 1 is 1.22 bits per heavy atom. The molecule has 0 radical (unpaired) electrons. The van der Waals surface area contributed by atoms with Gasteiger partial charge in [-0.05, 0) is 62.8 Å². The number of halogens is 1. The summed E-state index contributed by atoms with van der Waals surface area (Å²) >= 11 is 6.14. The van der Waals surface area contributed by atoms with Gasteiger partial charge in [-0.1, -0.05) is 35.9 Å². The number of benzene rings is 2. The maximum atomic E-state index is 10.8. The molecule has 0 spiro atoms. The van der Waals surface area contributed by atoms with E-state index in [1.54, 1.807) is 0 Å². The van der Waals surface area contributed by atoms with E-state index in [2.05, 4.69) is 37.3 Å². The van der Waals surface area contributed by atoms with Crippen LogP contribution in [0.4, 0.5) is 0 Å². The summed E-state index contributed by atoms with van der Waals surface area (Å²) in [5.41, 5.74) is 7.48. The van der Waals surface area contributed by atoms with Crippen LogP contribution >= 0.6 is 11.6 Å². The summed E-state index contributed by atoms with van der Waals surface area (Å²) in [4.78, 5) is 12.9. The minimum Gasteiger partial charge on any atom is -0.484 e. The van der Waals surface area contributed by atoms with Crippen LogP contribution in [0.5, 0.6) is 5.75 Å². The SMILES string of the molecule is CC(Cc1ccc(OCC(N)=O)cc1)NCC(c1cccc(Cl)c1)N(C)C. The maximum absolute atomic E-state index is 10.8. The number of amides is 1. The summed E-state index contributed by atoms with van der Waals surface area (Å²) in [6.45, 7) is 2.89. The molecule has 146 valence electrons. The third-order valence-corrected chi connectivity index (χ3v) is 4.60. The van der Waals surface area contributed by atoms with Crippen LogP contribution in [0.3, 0.4) is 0 Å². The molecule has 6 heteroatoms. The van der Waals surface area contributed by atoms with Crippen molar-refractivity contribution in [3.63, 3.8) is 0 Å². The van der Waals surface area contributed by atoms with Crippen LogP contribution in [0.15, 0.2) is 48.5 Å². The molecule has 3 N–H and O–H groups in total. The Balaban J connectivity index is 1.88. The number of primary amides is 1. The molecular weight excluding hydrogens is 362 g/mol. The van der Waals surface area contributed by atoms with Crippen molar-refractivity contribution in [3.05, 3.63) is 64.7 Å². The summed E-state index contributed by atoms with van der Waals surface area (Å²) in [6, 6.07) is 16.3. The topological polar surface area (TPSA) is 67.6 Å². The molecule has 2 aromatic rings. The summed E-state index contributed by atoms with van der Waals surface area (Å²) in [6.07, 6.45) is 0.895. The molecule has 27 heavy (non-hydrogen) atoms. The van der Waals surface area contributed by atoms with Crippen LogP contribution in [0.1, 0.15) is 24.1 Å². The van der Waals surface area contributed by atoms with Gasteiger partial charge in [-0.15, -0.1) is 0 Å². The fourth-order valence-corrected chi connectivity index (χ4v) is 3.13. The number of rotatable bonds is 10. The van der Waals surface area contributed by atoms with Gasteiger partial charge in [0.2, 0.25) is 0 Å². The lowest BCUT2D eigenvalue weighted by Gasteiger charge is -2.27. The van der Waals surface area contributed by atoms with E-state index in [-0.39, 0.29) is 12.6 Å². The quantitative estimate of drug-likeness (QED) is 0.655. The molecule has 0 saturated carbocycles. The summed E-state index contributed by atoms with van der Waals surface area (Å²) in [7, 11) is 4.14. The first kappa shape index (κ1) is 21.2. The van der Waals surface area contributed by atoms with Gasteiger partial charge in [0.1, 0.15) is 5.75 Å². The summed E-state index contributed by atoms with van der Waals surface area (Å²) < 4.78 is 5.28. The highest BCUT2D eigenvalue weighted by Crippen LogP contribution is 2.21. The van der Waals surface area contributed by atoms with Crippen LogP contribution in [-0.4, -0.2) is 44.1 Å². The Hall–Kier alpha value is -2.08. The summed E-state index contributed by atoms with van der Waals surface area (Å²) in [5.74, 6) is 0.166. The van der Waals surface area contributed by atoms with Gasteiger partial charge >= 0.3 is 0 Å². The molecule has 2 rings (SSSR count). The second-order valence-corrected chi connectivity index (χ2v) is 7.38. The second-order valence-electron chi connectivity index (χ2n) is 6.95. The van der Waals surface area contributed by atoms with Crippen molar-refractivity contribution in [3.8, 4) is 5.75 Å². The molecule has 0 saturated heterocycles. The van der Waals surface area contributed by atoms with Crippen molar-refractivity contribution >= 4 is 17.5 Å². The van der Waals surface area contributed by atoms with E-state index in [4.69, 9.17) is 22.1 Å². The van der Waals surface area contributed by atoms with E-state index in [0.29, 0.717) is 11.8 Å². The molecule has 0 aliphatic rings. The molecule has 0 aromatic heterocycles. The highest BCUT2D eigenvalue weighted by atomic mass is 35.5. The highest BCUT2D eigenvalue weighted by molar-refractivity contribution is 6.30. The molecule has 1 amide bonds. The monoisotopic (exact) mass is 389 g/mol. The van der Waals surface area contributed by atoms with Gasteiger partial charge in [-0.2, -0.15) is 0 Å². The molecule has 2 atom stereocenters. The number of nitrogens with zero attached hydrogens (tertiary/aromatic N) is 1.